The molecular formula is C10H20N2O2. The Morgan fingerprint density at radius 2 is 2.21 bits per heavy atom. The second kappa shape index (κ2) is 4.17. The fraction of sp³-hybridized carbons (Fsp3) is 0.900. The quantitative estimate of drug-likeness (QED) is 0.662. The van der Waals surface area contributed by atoms with Crippen molar-refractivity contribution in [2.45, 2.75) is 45.2 Å². The molecule has 1 fully saturated rings. The van der Waals surface area contributed by atoms with Crippen molar-refractivity contribution in [1.29, 1.82) is 0 Å². The van der Waals surface area contributed by atoms with Crippen LogP contribution in [0, 0.1) is 0 Å². The first-order valence-electron chi connectivity index (χ1n) is 5.13. The predicted molar refractivity (Wildman–Crippen MR) is 55.1 cm³/mol. The molecule has 82 valence electrons. The van der Waals surface area contributed by atoms with E-state index in [4.69, 9.17) is 5.11 Å². The van der Waals surface area contributed by atoms with Crippen molar-refractivity contribution in [1.82, 2.24) is 10.2 Å². The van der Waals surface area contributed by atoms with Crippen LogP contribution in [-0.2, 0) is 0 Å². The van der Waals surface area contributed by atoms with E-state index in [1.807, 2.05) is 20.8 Å². The number of likely N-dealkylation sites (tertiary alicyclic amines) is 1. The highest BCUT2D eigenvalue weighted by Gasteiger charge is 2.29. The lowest BCUT2D eigenvalue weighted by molar-refractivity contribution is 0.151. The number of nitrogens with zero attached hydrogens (tertiary/aromatic N) is 1. The number of aliphatic hydroxyl groups is 1. The van der Waals surface area contributed by atoms with Crippen molar-refractivity contribution in [3.63, 3.8) is 0 Å². The zero-order chi connectivity index (χ0) is 10.8. The number of aliphatic hydroxyl groups excluding tert-OH is 1. The maximum atomic E-state index is 11.7. The van der Waals surface area contributed by atoms with Crippen LogP contribution in [0.3, 0.4) is 0 Å². The third-order valence-corrected chi connectivity index (χ3v) is 2.33. The van der Waals surface area contributed by atoms with Crippen molar-refractivity contribution in [3.8, 4) is 0 Å². The van der Waals surface area contributed by atoms with Gasteiger partial charge in [0, 0.05) is 12.1 Å². The lowest BCUT2D eigenvalue weighted by Gasteiger charge is -2.28. The monoisotopic (exact) mass is 200 g/mol. The zero-order valence-electron chi connectivity index (χ0n) is 9.21. The number of urea groups is 1. The van der Waals surface area contributed by atoms with Gasteiger partial charge in [-0.3, -0.25) is 0 Å². The highest BCUT2D eigenvalue weighted by molar-refractivity contribution is 5.75. The van der Waals surface area contributed by atoms with E-state index >= 15 is 0 Å². The van der Waals surface area contributed by atoms with Gasteiger partial charge in [-0.1, -0.05) is 0 Å². The lowest BCUT2D eigenvalue weighted by atomic mass is 10.1. The summed E-state index contributed by atoms with van der Waals surface area (Å²) in [7, 11) is 0. The van der Waals surface area contributed by atoms with Crippen molar-refractivity contribution in [3.05, 3.63) is 0 Å². The summed E-state index contributed by atoms with van der Waals surface area (Å²) in [5.74, 6) is 0. The van der Waals surface area contributed by atoms with Crippen molar-refractivity contribution >= 4 is 6.03 Å². The summed E-state index contributed by atoms with van der Waals surface area (Å²) in [5.41, 5.74) is -0.209. The molecule has 14 heavy (non-hydrogen) atoms. The van der Waals surface area contributed by atoms with E-state index in [-0.39, 0.29) is 24.2 Å². The minimum absolute atomic E-state index is 0.0114. The van der Waals surface area contributed by atoms with Crippen molar-refractivity contribution < 1.29 is 9.90 Å². The van der Waals surface area contributed by atoms with Crippen LogP contribution in [0.5, 0.6) is 0 Å². The molecule has 1 saturated heterocycles. The van der Waals surface area contributed by atoms with Crippen LogP contribution in [-0.4, -0.2) is 40.8 Å². The molecule has 2 N–H and O–H groups in total. The Kier molecular flexibility index (Phi) is 3.37. The molecule has 0 aromatic rings. The lowest BCUT2D eigenvalue weighted by Crippen LogP contribution is -2.50. The van der Waals surface area contributed by atoms with Crippen LogP contribution < -0.4 is 5.32 Å². The molecular weight excluding hydrogens is 180 g/mol. The highest BCUT2D eigenvalue weighted by Crippen LogP contribution is 2.17. The summed E-state index contributed by atoms with van der Waals surface area (Å²) in [4.78, 5) is 13.5. The number of nitrogens with one attached hydrogen (secondary N) is 1. The van der Waals surface area contributed by atoms with E-state index in [2.05, 4.69) is 5.32 Å². The average Bonchev–Trinajstić information content (AvgIpc) is 2.47. The summed E-state index contributed by atoms with van der Waals surface area (Å²) >= 11 is 0. The molecule has 0 spiro atoms. The Labute approximate surface area is 85.3 Å². The van der Waals surface area contributed by atoms with Gasteiger partial charge in [-0.15, -0.1) is 0 Å². The van der Waals surface area contributed by atoms with Gasteiger partial charge in [0.15, 0.2) is 0 Å². The number of hydrogen-bond donors (Lipinski definition) is 2. The molecule has 0 unspecified atom stereocenters. The van der Waals surface area contributed by atoms with Gasteiger partial charge in [0.05, 0.1) is 12.6 Å². The number of hydrogen-bond acceptors (Lipinski definition) is 2. The Morgan fingerprint density at radius 3 is 2.71 bits per heavy atom. The summed E-state index contributed by atoms with van der Waals surface area (Å²) in [6.07, 6.45) is 1.90. The first kappa shape index (κ1) is 11.3. The maximum absolute atomic E-state index is 11.7. The fourth-order valence-electron chi connectivity index (χ4n) is 1.69. The molecule has 0 saturated carbocycles. The summed E-state index contributed by atoms with van der Waals surface area (Å²) in [6.45, 7) is 6.68. The molecule has 0 bridgehead atoms. The molecule has 1 heterocycles. The van der Waals surface area contributed by atoms with E-state index in [0.29, 0.717) is 0 Å². The number of amides is 2. The topological polar surface area (TPSA) is 52.6 Å². The van der Waals surface area contributed by atoms with Crippen molar-refractivity contribution in [2.24, 2.45) is 0 Å². The molecule has 4 heteroatoms. The Balaban J connectivity index is 2.52. The zero-order valence-corrected chi connectivity index (χ0v) is 9.21. The van der Waals surface area contributed by atoms with Crippen LogP contribution in [0.1, 0.15) is 33.6 Å². The molecule has 0 aliphatic carbocycles. The average molecular weight is 200 g/mol. The molecule has 1 atom stereocenters. The van der Waals surface area contributed by atoms with Gasteiger partial charge in [-0.25, -0.2) is 4.79 Å². The maximum Gasteiger partial charge on any atom is 0.318 e. The number of carbonyl (C=O) groups excluding carboxylic acids is 1. The minimum Gasteiger partial charge on any atom is -0.394 e. The van der Waals surface area contributed by atoms with E-state index in [0.717, 1.165) is 19.4 Å². The smallest absolute Gasteiger partial charge is 0.318 e. The Hall–Kier alpha value is -0.770. The van der Waals surface area contributed by atoms with Gasteiger partial charge in [0.25, 0.3) is 0 Å². The molecule has 0 radical (unpaired) electrons. The van der Waals surface area contributed by atoms with Crippen LogP contribution in [0.25, 0.3) is 0 Å². The second-order valence-electron chi connectivity index (χ2n) is 4.85. The molecule has 1 aliphatic rings. The van der Waals surface area contributed by atoms with Crippen LogP contribution >= 0.6 is 0 Å². The van der Waals surface area contributed by atoms with Gasteiger partial charge < -0.3 is 15.3 Å². The van der Waals surface area contributed by atoms with Gasteiger partial charge in [0.2, 0.25) is 0 Å². The summed E-state index contributed by atoms with van der Waals surface area (Å²) < 4.78 is 0. The summed E-state index contributed by atoms with van der Waals surface area (Å²) in [6, 6.07) is -0.0496. The van der Waals surface area contributed by atoms with Crippen LogP contribution in [0.2, 0.25) is 0 Å². The molecule has 0 aromatic carbocycles. The van der Waals surface area contributed by atoms with E-state index in [9.17, 15) is 4.79 Å². The first-order valence-corrected chi connectivity index (χ1v) is 5.13. The van der Waals surface area contributed by atoms with Crippen LogP contribution in [0.15, 0.2) is 0 Å². The SMILES string of the molecule is CC(C)(C)NC(=O)N1CCC[C@@H]1CO. The molecule has 1 aliphatic heterocycles. The molecule has 0 aromatic heterocycles. The highest BCUT2D eigenvalue weighted by atomic mass is 16.3. The van der Waals surface area contributed by atoms with Gasteiger partial charge >= 0.3 is 6.03 Å². The largest absolute Gasteiger partial charge is 0.394 e. The standard InChI is InChI=1S/C10H20N2O2/c1-10(2,3)11-9(14)12-6-4-5-8(12)7-13/h8,13H,4-7H2,1-3H3,(H,11,14)/t8-/m1/s1. The number of carbonyl (C=O) groups is 1. The number of rotatable bonds is 1. The second-order valence-corrected chi connectivity index (χ2v) is 4.85. The predicted octanol–water partition coefficient (Wildman–Crippen LogP) is 0.951. The third kappa shape index (κ3) is 2.87. The Bertz CT molecular complexity index is 211. The molecule has 2 amide bonds. The summed E-state index contributed by atoms with van der Waals surface area (Å²) in [5, 5.41) is 12.0. The molecule has 1 rings (SSSR count). The van der Waals surface area contributed by atoms with Gasteiger partial charge in [-0.2, -0.15) is 0 Å². The van der Waals surface area contributed by atoms with E-state index in [1.165, 1.54) is 0 Å². The normalized spacial score (nSPS) is 22.6. The fourth-order valence-corrected chi connectivity index (χ4v) is 1.69. The van der Waals surface area contributed by atoms with Gasteiger partial charge in [0.1, 0.15) is 0 Å². The first-order chi connectivity index (χ1) is 6.44. The third-order valence-electron chi connectivity index (χ3n) is 2.33. The van der Waals surface area contributed by atoms with E-state index < -0.39 is 0 Å². The minimum atomic E-state index is -0.209. The molecule has 4 nitrogen and oxygen atoms in total. The van der Waals surface area contributed by atoms with Crippen LogP contribution in [0.4, 0.5) is 4.79 Å². The van der Waals surface area contributed by atoms with E-state index in [1.54, 1.807) is 4.90 Å². The van der Waals surface area contributed by atoms with Gasteiger partial charge in [-0.05, 0) is 33.6 Å². The Morgan fingerprint density at radius 1 is 1.57 bits per heavy atom. The van der Waals surface area contributed by atoms with Crippen molar-refractivity contribution in [2.75, 3.05) is 13.2 Å².